The SMILES string of the molecule is CN(C)c1ccc([C@H]2C(C(=O)c3cccs3)=C(O)C(=O)N2Cc2ccco2)cc1. The number of furan rings is 1. The molecule has 0 aliphatic carbocycles. The maximum Gasteiger partial charge on any atom is 0.290 e. The number of rotatable bonds is 6. The van der Waals surface area contributed by atoms with Crippen molar-refractivity contribution in [3.05, 3.63) is 87.7 Å². The van der Waals surface area contributed by atoms with Gasteiger partial charge in [-0.2, -0.15) is 0 Å². The molecule has 0 saturated heterocycles. The topological polar surface area (TPSA) is 74.0 Å². The Bertz CT molecular complexity index is 1050. The number of amides is 1. The quantitative estimate of drug-likeness (QED) is 0.619. The summed E-state index contributed by atoms with van der Waals surface area (Å²) in [4.78, 5) is 30.0. The molecule has 4 rings (SSSR count). The first-order chi connectivity index (χ1) is 14.0. The number of hydrogen-bond acceptors (Lipinski definition) is 6. The van der Waals surface area contributed by atoms with Crippen LogP contribution in [0.3, 0.4) is 0 Å². The largest absolute Gasteiger partial charge is 0.503 e. The van der Waals surface area contributed by atoms with Crippen LogP contribution in [0.5, 0.6) is 0 Å². The Balaban J connectivity index is 1.78. The van der Waals surface area contributed by atoms with Gasteiger partial charge in [-0.3, -0.25) is 9.59 Å². The molecule has 29 heavy (non-hydrogen) atoms. The summed E-state index contributed by atoms with van der Waals surface area (Å²) in [6.07, 6.45) is 1.53. The van der Waals surface area contributed by atoms with Crippen molar-refractivity contribution in [1.29, 1.82) is 0 Å². The molecule has 1 aromatic carbocycles. The summed E-state index contributed by atoms with van der Waals surface area (Å²) in [6, 6.07) is 13.9. The van der Waals surface area contributed by atoms with E-state index in [-0.39, 0.29) is 17.9 Å². The summed E-state index contributed by atoms with van der Waals surface area (Å²) in [5.74, 6) is -0.847. The second-order valence-corrected chi connectivity index (χ2v) is 7.92. The number of ketones is 1. The number of aliphatic hydroxyl groups is 1. The zero-order valence-electron chi connectivity index (χ0n) is 16.0. The normalized spacial score (nSPS) is 16.6. The highest BCUT2D eigenvalue weighted by Crippen LogP contribution is 2.40. The van der Waals surface area contributed by atoms with E-state index < -0.39 is 17.7 Å². The smallest absolute Gasteiger partial charge is 0.290 e. The zero-order chi connectivity index (χ0) is 20.5. The fraction of sp³-hybridized carbons (Fsp3) is 0.182. The first-order valence-corrected chi connectivity index (χ1v) is 9.97. The monoisotopic (exact) mass is 408 g/mol. The Kier molecular flexibility index (Phi) is 4.98. The van der Waals surface area contributed by atoms with Crippen LogP contribution in [-0.2, 0) is 11.3 Å². The maximum atomic E-state index is 13.2. The molecule has 0 saturated carbocycles. The lowest BCUT2D eigenvalue weighted by Crippen LogP contribution is -2.30. The Morgan fingerprint density at radius 3 is 2.52 bits per heavy atom. The lowest BCUT2D eigenvalue weighted by molar-refractivity contribution is -0.130. The van der Waals surface area contributed by atoms with Crippen LogP contribution >= 0.6 is 11.3 Å². The molecule has 1 atom stereocenters. The minimum atomic E-state index is -0.696. The summed E-state index contributed by atoms with van der Waals surface area (Å²) >= 11 is 1.28. The van der Waals surface area contributed by atoms with E-state index in [1.165, 1.54) is 22.5 Å². The van der Waals surface area contributed by atoms with E-state index in [1.54, 1.807) is 29.6 Å². The highest BCUT2D eigenvalue weighted by molar-refractivity contribution is 7.12. The van der Waals surface area contributed by atoms with Gasteiger partial charge in [-0.1, -0.05) is 18.2 Å². The van der Waals surface area contributed by atoms with E-state index in [9.17, 15) is 14.7 Å². The third kappa shape index (κ3) is 3.45. The van der Waals surface area contributed by atoms with Crippen LogP contribution < -0.4 is 4.90 Å². The van der Waals surface area contributed by atoms with Crippen LogP contribution in [0.25, 0.3) is 0 Å². The predicted molar refractivity (Wildman–Crippen MR) is 111 cm³/mol. The molecule has 2 aromatic heterocycles. The van der Waals surface area contributed by atoms with Crippen LogP contribution in [0.2, 0.25) is 0 Å². The van der Waals surface area contributed by atoms with Gasteiger partial charge in [0.1, 0.15) is 5.76 Å². The molecule has 0 fully saturated rings. The molecule has 0 unspecified atom stereocenters. The number of aliphatic hydroxyl groups excluding tert-OH is 1. The lowest BCUT2D eigenvalue weighted by Gasteiger charge is -2.26. The molecule has 6 nitrogen and oxygen atoms in total. The van der Waals surface area contributed by atoms with Crippen molar-refractivity contribution >= 4 is 28.7 Å². The molecule has 3 aromatic rings. The lowest BCUT2D eigenvalue weighted by atomic mass is 9.95. The standard InChI is InChI=1S/C22H20N2O4S/c1-23(2)15-9-7-14(8-10-15)19-18(20(25)17-6-4-12-29-17)21(26)22(27)24(19)13-16-5-3-11-28-16/h3-12,19,26H,13H2,1-2H3/t19-/m0/s1. The van der Waals surface area contributed by atoms with E-state index >= 15 is 0 Å². The summed E-state index contributed by atoms with van der Waals surface area (Å²) in [6.45, 7) is 0.150. The maximum absolute atomic E-state index is 13.2. The Morgan fingerprint density at radius 2 is 1.93 bits per heavy atom. The highest BCUT2D eigenvalue weighted by Gasteiger charge is 2.44. The molecule has 0 spiro atoms. The van der Waals surface area contributed by atoms with Gasteiger partial charge in [0.05, 0.1) is 29.3 Å². The van der Waals surface area contributed by atoms with Gasteiger partial charge < -0.3 is 19.3 Å². The summed E-state index contributed by atoms with van der Waals surface area (Å²) in [7, 11) is 3.88. The molecule has 148 valence electrons. The molecule has 3 heterocycles. The first-order valence-electron chi connectivity index (χ1n) is 9.09. The predicted octanol–water partition coefficient (Wildman–Crippen LogP) is 4.19. The number of benzene rings is 1. The van der Waals surface area contributed by atoms with Crippen molar-refractivity contribution in [1.82, 2.24) is 4.90 Å². The Labute approximate surface area is 172 Å². The zero-order valence-corrected chi connectivity index (χ0v) is 16.8. The summed E-state index contributed by atoms with van der Waals surface area (Å²) < 4.78 is 5.40. The van der Waals surface area contributed by atoms with E-state index in [4.69, 9.17) is 4.42 Å². The van der Waals surface area contributed by atoms with Gasteiger partial charge in [0.15, 0.2) is 5.76 Å². The highest BCUT2D eigenvalue weighted by atomic mass is 32.1. The van der Waals surface area contributed by atoms with Gasteiger partial charge in [-0.05, 0) is 41.3 Å². The molecular formula is C22H20N2O4S. The third-order valence-corrected chi connectivity index (χ3v) is 5.79. The average Bonchev–Trinajstić information content (AvgIpc) is 3.46. The number of hydrogen-bond donors (Lipinski definition) is 1. The molecule has 0 radical (unpaired) electrons. The van der Waals surface area contributed by atoms with Crippen LogP contribution in [0, 0.1) is 0 Å². The van der Waals surface area contributed by atoms with Crippen LogP contribution in [-0.4, -0.2) is 35.8 Å². The number of carbonyl (C=O) groups is 2. The van der Waals surface area contributed by atoms with Crippen molar-refractivity contribution in [2.45, 2.75) is 12.6 Å². The fourth-order valence-corrected chi connectivity index (χ4v) is 4.14. The van der Waals surface area contributed by atoms with Crippen LogP contribution in [0.4, 0.5) is 5.69 Å². The first kappa shape index (κ1) is 19.0. The van der Waals surface area contributed by atoms with Crippen molar-refractivity contribution < 1.29 is 19.1 Å². The molecule has 1 aliphatic heterocycles. The minimum absolute atomic E-state index is 0.0987. The number of anilines is 1. The van der Waals surface area contributed by atoms with E-state index in [1.807, 2.05) is 43.3 Å². The Morgan fingerprint density at radius 1 is 1.17 bits per heavy atom. The van der Waals surface area contributed by atoms with Gasteiger partial charge in [0.2, 0.25) is 5.78 Å². The van der Waals surface area contributed by atoms with E-state index in [2.05, 4.69) is 0 Å². The summed E-state index contributed by atoms with van der Waals surface area (Å²) in [5.41, 5.74) is 1.84. The van der Waals surface area contributed by atoms with E-state index in [0.717, 1.165) is 11.3 Å². The van der Waals surface area contributed by atoms with Crippen molar-refractivity contribution in [3.63, 3.8) is 0 Å². The third-order valence-electron chi connectivity index (χ3n) is 4.92. The van der Waals surface area contributed by atoms with Gasteiger partial charge in [-0.15, -0.1) is 11.3 Å². The molecule has 1 aliphatic rings. The van der Waals surface area contributed by atoms with Gasteiger partial charge in [0, 0.05) is 19.8 Å². The second-order valence-electron chi connectivity index (χ2n) is 6.97. The molecule has 1 N–H and O–H groups in total. The van der Waals surface area contributed by atoms with Gasteiger partial charge >= 0.3 is 0 Å². The summed E-state index contributed by atoms with van der Waals surface area (Å²) in [5, 5.41) is 12.4. The van der Waals surface area contributed by atoms with Gasteiger partial charge in [0.25, 0.3) is 5.91 Å². The Hall–Kier alpha value is -3.32. The van der Waals surface area contributed by atoms with Gasteiger partial charge in [-0.25, -0.2) is 0 Å². The average molecular weight is 408 g/mol. The van der Waals surface area contributed by atoms with E-state index in [0.29, 0.717) is 10.6 Å². The molecule has 7 heteroatoms. The van der Waals surface area contributed by atoms with Crippen molar-refractivity contribution in [3.8, 4) is 0 Å². The van der Waals surface area contributed by atoms with Crippen LogP contribution in [0.1, 0.15) is 27.0 Å². The number of Topliss-reactive ketones (excluding diaryl/α,β-unsaturated/α-hetero) is 1. The number of carbonyl (C=O) groups excluding carboxylic acids is 2. The van der Waals surface area contributed by atoms with Crippen LogP contribution in [0.15, 0.2) is 75.9 Å². The minimum Gasteiger partial charge on any atom is -0.503 e. The molecular weight excluding hydrogens is 388 g/mol. The molecule has 1 amide bonds. The fourth-order valence-electron chi connectivity index (χ4n) is 3.46. The molecule has 0 bridgehead atoms. The number of nitrogens with zero attached hydrogens (tertiary/aromatic N) is 2. The van der Waals surface area contributed by atoms with Crippen molar-refractivity contribution in [2.24, 2.45) is 0 Å². The number of thiophene rings is 1. The second kappa shape index (κ2) is 7.60. The van der Waals surface area contributed by atoms with Crippen molar-refractivity contribution in [2.75, 3.05) is 19.0 Å².